The first-order chi connectivity index (χ1) is 11.8. The van der Waals surface area contributed by atoms with Gasteiger partial charge in [0.1, 0.15) is 17.3 Å². The number of hydrogen-bond acceptors (Lipinski definition) is 3. The number of nitrogens with one attached hydrogen (secondary N) is 1. The van der Waals surface area contributed by atoms with Crippen molar-refractivity contribution in [2.45, 2.75) is 18.8 Å². The number of piperidine rings is 1. The minimum absolute atomic E-state index is 0.182. The predicted molar refractivity (Wildman–Crippen MR) is 91.3 cm³/mol. The SMILES string of the molecule is Fc1ccc(C2CCNC[C@H]2COc2ccc3c(c2)OCC3)cc1. The van der Waals surface area contributed by atoms with Gasteiger partial charge in [-0.1, -0.05) is 18.2 Å². The zero-order chi connectivity index (χ0) is 16.4. The fourth-order valence-corrected chi connectivity index (χ4v) is 3.69. The Kier molecular flexibility index (Phi) is 4.39. The molecule has 0 spiro atoms. The van der Waals surface area contributed by atoms with Gasteiger partial charge in [0.05, 0.1) is 13.2 Å². The van der Waals surface area contributed by atoms with Crippen LogP contribution in [-0.4, -0.2) is 26.3 Å². The van der Waals surface area contributed by atoms with E-state index < -0.39 is 0 Å². The van der Waals surface area contributed by atoms with Gasteiger partial charge in [-0.05, 0) is 48.2 Å². The Balaban J connectivity index is 1.44. The van der Waals surface area contributed by atoms with E-state index in [1.807, 2.05) is 24.3 Å². The van der Waals surface area contributed by atoms with E-state index in [2.05, 4.69) is 11.4 Å². The molecule has 4 rings (SSSR count). The van der Waals surface area contributed by atoms with E-state index in [9.17, 15) is 4.39 Å². The molecule has 0 aromatic heterocycles. The third-order valence-electron chi connectivity index (χ3n) is 5.04. The van der Waals surface area contributed by atoms with Crippen LogP contribution in [0.1, 0.15) is 23.5 Å². The van der Waals surface area contributed by atoms with Crippen molar-refractivity contribution < 1.29 is 13.9 Å². The second kappa shape index (κ2) is 6.81. The molecule has 1 fully saturated rings. The molecule has 1 unspecified atom stereocenters. The van der Waals surface area contributed by atoms with Gasteiger partial charge >= 0.3 is 0 Å². The molecule has 4 heteroatoms. The molecule has 0 amide bonds. The number of hydrogen-bond donors (Lipinski definition) is 1. The highest BCUT2D eigenvalue weighted by Crippen LogP contribution is 2.33. The van der Waals surface area contributed by atoms with E-state index in [4.69, 9.17) is 9.47 Å². The van der Waals surface area contributed by atoms with Crippen molar-refractivity contribution in [1.82, 2.24) is 5.32 Å². The van der Waals surface area contributed by atoms with Crippen molar-refractivity contribution in [3.63, 3.8) is 0 Å². The van der Waals surface area contributed by atoms with E-state index in [1.165, 1.54) is 11.1 Å². The lowest BCUT2D eigenvalue weighted by Gasteiger charge is -2.32. The predicted octanol–water partition coefficient (Wildman–Crippen LogP) is 3.53. The summed E-state index contributed by atoms with van der Waals surface area (Å²) in [7, 11) is 0. The van der Waals surface area contributed by atoms with E-state index in [1.54, 1.807) is 12.1 Å². The quantitative estimate of drug-likeness (QED) is 0.932. The van der Waals surface area contributed by atoms with E-state index in [0.717, 1.165) is 44.0 Å². The molecule has 2 atom stereocenters. The molecule has 0 saturated carbocycles. The molecule has 0 bridgehead atoms. The van der Waals surface area contributed by atoms with Crippen LogP contribution in [0.5, 0.6) is 11.5 Å². The highest BCUT2D eigenvalue weighted by molar-refractivity contribution is 5.42. The largest absolute Gasteiger partial charge is 0.493 e. The van der Waals surface area contributed by atoms with Crippen LogP contribution in [0.2, 0.25) is 0 Å². The summed E-state index contributed by atoms with van der Waals surface area (Å²) in [5.41, 5.74) is 2.45. The molecular formula is C20H22FNO2. The zero-order valence-corrected chi connectivity index (χ0v) is 13.6. The third kappa shape index (κ3) is 3.24. The average molecular weight is 327 g/mol. The fraction of sp³-hybridized carbons (Fsp3) is 0.400. The summed E-state index contributed by atoms with van der Waals surface area (Å²) >= 11 is 0. The molecule has 24 heavy (non-hydrogen) atoms. The Hall–Kier alpha value is -2.07. The Bertz CT molecular complexity index is 701. The minimum Gasteiger partial charge on any atom is -0.493 e. The average Bonchev–Trinajstić information content (AvgIpc) is 3.09. The first-order valence-corrected chi connectivity index (χ1v) is 8.64. The Morgan fingerprint density at radius 1 is 1.17 bits per heavy atom. The Labute approximate surface area is 141 Å². The zero-order valence-electron chi connectivity index (χ0n) is 13.6. The standard InChI is InChI=1S/C20H22FNO2/c21-17-4-1-14(2-5-17)19-7-9-22-12-16(19)13-24-18-6-3-15-8-10-23-20(15)11-18/h1-6,11,16,19,22H,7-10,12-13H2/t16-,19?/m0/s1. The topological polar surface area (TPSA) is 30.5 Å². The molecule has 1 N–H and O–H groups in total. The van der Waals surface area contributed by atoms with E-state index in [0.29, 0.717) is 18.4 Å². The van der Waals surface area contributed by atoms with Crippen LogP contribution < -0.4 is 14.8 Å². The molecule has 2 heterocycles. The van der Waals surface area contributed by atoms with Crippen LogP contribution >= 0.6 is 0 Å². The summed E-state index contributed by atoms with van der Waals surface area (Å²) in [4.78, 5) is 0. The van der Waals surface area contributed by atoms with Crippen molar-refractivity contribution in [2.24, 2.45) is 5.92 Å². The maximum Gasteiger partial charge on any atom is 0.126 e. The van der Waals surface area contributed by atoms with Gasteiger partial charge in [-0.15, -0.1) is 0 Å². The van der Waals surface area contributed by atoms with Gasteiger partial charge in [0.2, 0.25) is 0 Å². The van der Waals surface area contributed by atoms with Gasteiger partial charge in [-0.2, -0.15) is 0 Å². The molecule has 3 nitrogen and oxygen atoms in total. The molecule has 0 radical (unpaired) electrons. The van der Waals surface area contributed by atoms with Gasteiger partial charge in [0.25, 0.3) is 0 Å². The summed E-state index contributed by atoms with van der Waals surface area (Å²) < 4.78 is 24.8. The van der Waals surface area contributed by atoms with Gasteiger partial charge in [0.15, 0.2) is 0 Å². The number of fused-ring (bicyclic) bond motifs is 1. The lowest BCUT2D eigenvalue weighted by Crippen LogP contribution is -2.38. The van der Waals surface area contributed by atoms with Crippen LogP contribution in [0.4, 0.5) is 4.39 Å². The maximum atomic E-state index is 13.2. The third-order valence-corrected chi connectivity index (χ3v) is 5.04. The van der Waals surface area contributed by atoms with Crippen molar-refractivity contribution in [1.29, 1.82) is 0 Å². The van der Waals surface area contributed by atoms with Gasteiger partial charge in [0, 0.05) is 24.9 Å². The lowest BCUT2D eigenvalue weighted by atomic mass is 9.81. The molecule has 2 aliphatic heterocycles. The molecular weight excluding hydrogens is 305 g/mol. The second-order valence-corrected chi connectivity index (χ2v) is 6.59. The van der Waals surface area contributed by atoms with Gasteiger partial charge < -0.3 is 14.8 Å². The highest BCUT2D eigenvalue weighted by atomic mass is 19.1. The van der Waals surface area contributed by atoms with Crippen molar-refractivity contribution in [3.8, 4) is 11.5 Å². The lowest BCUT2D eigenvalue weighted by molar-refractivity contribution is 0.196. The van der Waals surface area contributed by atoms with Crippen LogP contribution in [0.25, 0.3) is 0 Å². The van der Waals surface area contributed by atoms with E-state index >= 15 is 0 Å². The van der Waals surface area contributed by atoms with Crippen LogP contribution in [0, 0.1) is 11.7 Å². The highest BCUT2D eigenvalue weighted by Gasteiger charge is 2.27. The summed E-state index contributed by atoms with van der Waals surface area (Å²) in [6, 6.07) is 13.0. The maximum absolute atomic E-state index is 13.2. The van der Waals surface area contributed by atoms with Crippen LogP contribution in [0.15, 0.2) is 42.5 Å². The number of benzene rings is 2. The van der Waals surface area contributed by atoms with Crippen molar-refractivity contribution >= 4 is 0 Å². The molecule has 126 valence electrons. The Morgan fingerprint density at radius 3 is 2.92 bits per heavy atom. The van der Waals surface area contributed by atoms with Gasteiger partial charge in [-0.3, -0.25) is 0 Å². The van der Waals surface area contributed by atoms with Crippen molar-refractivity contribution in [2.75, 3.05) is 26.3 Å². The Morgan fingerprint density at radius 2 is 2.04 bits per heavy atom. The first-order valence-electron chi connectivity index (χ1n) is 8.64. The summed E-state index contributed by atoms with van der Waals surface area (Å²) in [5, 5.41) is 3.45. The summed E-state index contributed by atoms with van der Waals surface area (Å²) in [6.07, 6.45) is 2.03. The molecule has 2 aliphatic rings. The van der Waals surface area contributed by atoms with Crippen LogP contribution in [-0.2, 0) is 6.42 Å². The molecule has 1 saturated heterocycles. The minimum atomic E-state index is -0.182. The number of ether oxygens (including phenoxy) is 2. The first kappa shape index (κ1) is 15.5. The van der Waals surface area contributed by atoms with Gasteiger partial charge in [-0.25, -0.2) is 4.39 Å². The molecule has 2 aromatic rings. The van der Waals surface area contributed by atoms with Crippen molar-refractivity contribution in [3.05, 3.63) is 59.4 Å². The second-order valence-electron chi connectivity index (χ2n) is 6.59. The normalized spacial score (nSPS) is 22.7. The fourth-order valence-electron chi connectivity index (χ4n) is 3.69. The van der Waals surface area contributed by atoms with E-state index in [-0.39, 0.29) is 5.82 Å². The number of rotatable bonds is 4. The summed E-state index contributed by atoms with van der Waals surface area (Å²) in [5.74, 6) is 2.40. The number of halogens is 1. The molecule has 0 aliphatic carbocycles. The molecule has 2 aromatic carbocycles. The smallest absolute Gasteiger partial charge is 0.126 e. The summed E-state index contributed by atoms with van der Waals surface area (Å²) in [6.45, 7) is 3.32. The van der Waals surface area contributed by atoms with Crippen LogP contribution in [0.3, 0.4) is 0 Å². The monoisotopic (exact) mass is 327 g/mol.